The van der Waals surface area contributed by atoms with E-state index >= 15 is 0 Å². The molecule has 17 heteroatoms. The van der Waals surface area contributed by atoms with Crippen molar-refractivity contribution in [2.75, 3.05) is 46.7 Å². The summed E-state index contributed by atoms with van der Waals surface area (Å²) in [6, 6.07) is 15.2. The smallest absolute Gasteiger partial charge is 0.253 e. The molecule has 4 aliphatic rings. The van der Waals surface area contributed by atoms with Gasteiger partial charge in [0, 0.05) is 89.5 Å². The first-order valence-electron chi connectivity index (χ1n) is 27.8. The van der Waals surface area contributed by atoms with E-state index in [-0.39, 0.29) is 77.9 Å². The molecule has 76 heavy (non-hydrogen) atoms. The molecule has 0 radical (unpaired) electrons. The van der Waals surface area contributed by atoms with E-state index in [1.165, 1.54) is 17.1 Å². The number of amides is 7. The van der Waals surface area contributed by atoms with Crippen LogP contribution >= 0.6 is 0 Å². The van der Waals surface area contributed by atoms with Crippen LogP contribution in [0.15, 0.2) is 66.7 Å². The Morgan fingerprint density at radius 1 is 0.829 bits per heavy atom. The minimum absolute atomic E-state index is 0.00331. The van der Waals surface area contributed by atoms with Crippen LogP contribution in [0.3, 0.4) is 0 Å². The minimum atomic E-state index is -0.754. The highest BCUT2D eigenvalue weighted by atomic mass is 16.5. The Kier molecular flexibility index (Phi) is 21.9. The molecular weight excluding hydrogens is 967 g/mol. The number of methoxy groups -OCH3 is 2. The normalized spacial score (nSPS) is 22.0. The number of carbonyl (C=O) groups is 8. The van der Waals surface area contributed by atoms with E-state index in [0.29, 0.717) is 82.2 Å². The summed E-state index contributed by atoms with van der Waals surface area (Å²) in [4.78, 5) is 114. The number of fused-ring (bicyclic) bond motifs is 2. The van der Waals surface area contributed by atoms with Crippen LogP contribution in [-0.2, 0) is 60.8 Å². The Hall–Kier alpha value is -5.78. The lowest BCUT2D eigenvalue weighted by Crippen LogP contribution is -2.60. The molecule has 17 nitrogen and oxygen atoms in total. The molecule has 0 unspecified atom stereocenters. The van der Waals surface area contributed by atoms with E-state index in [1.54, 1.807) is 43.2 Å². The Morgan fingerprint density at radius 3 is 2.14 bits per heavy atom. The van der Waals surface area contributed by atoms with Crippen molar-refractivity contribution in [3.63, 3.8) is 0 Å². The van der Waals surface area contributed by atoms with E-state index < -0.39 is 42.2 Å². The third-order valence-corrected chi connectivity index (χ3v) is 16.8. The highest BCUT2D eigenvalue weighted by Crippen LogP contribution is 2.41. The van der Waals surface area contributed by atoms with Gasteiger partial charge >= 0.3 is 0 Å². The predicted molar refractivity (Wildman–Crippen MR) is 290 cm³/mol. The number of nitrogens with one attached hydrogen (secondary N) is 3. The summed E-state index contributed by atoms with van der Waals surface area (Å²) < 4.78 is 12.2. The number of ether oxygens (including phenoxy) is 2. The second kappa shape index (κ2) is 28.0. The van der Waals surface area contributed by atoms with E-state index in [9.17, 15) is 38.4 Å². The number of Topliss-reactive ketones (excluding diaryl/α,β-unsaturated/α-hetero) is 1. The molecule has 1 saturated carbocycles. The third-order valence-electron chi connectivity index (χ3n) is 16.8. The fourth-order valence-corrected chi connectivity index (χ4v) is 12.1. The van der Waals surface area contributed by atoms with Crippen molar-refractivity contribution in [1.29, 1.82) is 0 Å². The molecule has 2 aromatic rings. The maximum atomic E-state index is 14.6. The van der Waals surface area contributed by atoms with Crippen LogP contribution in [0.1, 0.15) is 123 Å². The first-order valence-corrected chi connectivity index (χ1v) is 27.8. The van der Waals surface area contributed by atoms with Crippen LogP contribution in [0, 0.1) is 29.6 Å². The zero-order chi connectivity index (χ0) is 55.2. The standard InChI is InChI=1S/C59H85N7O10/c1-10-38(4)54(64(7)59(74)53(37(2)3)62-58(73)55-42-24-27-45(33-42)63(55)6)48(75-8)35-52(71)65-31-17-20-46(65)56(76-9)39(5)47(67)34-43(32-40-18-13-11-14-19-40)57(72)61-44-25-22-41(23-26-44)36-60-49(68)21-15-12-16-30-66-50(69)28-29-51(66)70/h11,13-14,18-19,22-23,25-26,28-29,37-39,42-43,45-46,48,53-56H,10,12,15-17,20-21,24,27,30-36H2,1-9H3,(H,60,68)(H,61,72)(H,62,73)/t38-,39-,42-,43+,45-,46-,48+,53-,54-,55-,56+/m0/s1. The Labute approximate surface area is 450 Å². The second-order valence-corrected chi connectivity index (χ2v) is 22.1. The molecule has 0 aromatic heterocycles. The quantitative estimate of drug-likeness (QED) is 0.0629. The van der Waals surface area contributed by atoms with Crippen LogP contribution in [-0.4, -0.2) is 151 Å². The van der Waals surface area contributed by atoms with Gasteiger partial charge < -0.3 is 35.2 Å². The van der Waals surface area contributed by atoms with Crippen molar-refractivity contribution in [2.24, 2.45) is 29.6 Å². The van der Waals surface area contributed by atoms with Crippen LogP contribution in [0.2, 0.25) is 0 Å². The SMILES string of the molecule is CC[C@H](C)[C@@H]([C@@H](CC(=O)N1CCC[C@H]1[C@H](OC)[C@@H](C)C(=O)C[C@@H](Cc1ccccc1)C(=O)Nc1ccc(CNC(=O)CCCCCN2C(=O)C=CC2=O)cc1)OC)N(C)C(=O)[C@@H](NC(=O)[C@@H]1[C@H]2CC[C@@H](C2)N1C)C(C)C. The molecule has 7 amide bonds. The van der Waals surface area contributed by atoms with Crippen molar-refractivity contribution < 1.29 is 47.8 Å². The lowest BCUT2D eigenvalue weighted by Gasteiger charge is -2.41. The van der Waals surface area contributed by atoms with Gasteiger partial charge in [-0.25, -0.2) is 0 Å². The molecule has 2 aromatic carbocycles. The van der Waals surface area contributed by atoms with Crippen molar-refractivity contribution in [2.45, 2.75) is 167 Å². The first-order chi connectivity index (χ1) is 36.4. The Bertz CT molecular complexity index is 2340. The van der Waals surface area contributed by atoms with E-state index in [0.717, 1.165) is 36.8 Å². The third kappa shape index (κ3) is 15.0. The zero-order valence-electron chi connectivity index (χ0n) is 46.5. The predicted octanol–water partition coefficient (Wildman–Crippen LogP) is 6.09. The average Bonchev–Trinajstić information content (AvgIpc) is 4.23. The van der Waals surface area contributed by atoms with Gasteiger partial charge in [0.2, 0.25) is 29.5 Å². The van der Waals surface area contributed by atoms with Gasteiger partial charge in [-0.05, 0) is 99.4 Å². The maximum absolute atomic E-state index is 14.6. The van der Waals surface area contributed by atoms with Crippen LogP contribution < -0.4 is 16.0 Å². The van der Waals surface area contributed by atoms with Crippen LogP contribution in [0.25, 0.3) is 0 Å². The van der Waals surface area contributed by atoms with Crippen molar-refractivity contribution in [3.05, 3.63) is 77.9 Å². The highest BCUT2D eigenvalue weighted by Gasteiger charge is 2.49. The molecule has 3 N–H and O–H groups in total. The summed E-state index contributed by atoms with van der Waals surface area (Å²) in [6.07, 6.45) is 8.92. The maximum Gasteiger partial charge on any atom is 0.253 e. The molecule has 2 saturated heterocycles. The lowest BCUT2D eigenvalue weighted by molar-refractivity contribution is -0.148. The van der Waals surface area contributed by atoms with Crippen molar-refractivity contribution in [3.8, 4) is 0 Å². The monoisotopic (exact) mass is 1050 g/mol. The molecule has 1 aliphatic carbocycles. The summed E-state index contributed by atoms with van der Waals surface area (Å²) in [5, 5.41) is 9.08. The number of imide groups is 1. The zero-order valence-corrected chi connectivity index (χ0v) is 46.5. The number of hydrogen-bond acceptors (Lipinski definition) is 11. The van der Waals surface area contributed by atoms with Gasteiger partial charge in [-0.15, -0.1) is 0 Å². The number of anilines is 1. The molecule has 11 atom stereocenters. The second-order valence-electron chi connectivity index (χ2n) is 22.1. The molecule has 416 valence electrons. The minimum Gasteiger partial charge on any atom is -0.379 e. The fraction of sp³-hybridized carbons (Fsp3) is 0.627. The summed E-state index contributed by atoms with van der Waals surface area (Å²) in [5.74, 6) is -3.00. The van der Waals surface area contributed by atoms with Gasteiger partial charge in [0.25, 0.3) is 11.8 Å². The molecule has 3 heterocycles. The molecule has 3 fully saturated rings. The van der Waals surface area contributed by atoms with Crippen molar-refractivity contribution >= 4 is 52.8 Å². The highest BCUT2D eigenvalue weighted by molar-refractivity contribution is 6.12. The van der Waals surface area contributed by atoms with E-state index in [2.05, 4.69) is 27.8 Å². The molecular formula is C59H85N7O10. The van der Waals surface area contributed by atoms with Crippen LogP contribution in [0.5, 0.6) is 0 Å². The van der Waals surface area contributed by atoms with E-state index in [4.69, 9.17) is 9.47 Å². The Balaban J connectivity index is 1.05. The lowest BCUT2D eigenvalue weighted by atomic mass is 9.85. The molecule has 0 spiro atoms. The number of carbonyl (C=O) groups excluding carboxylic acids is 8. The van der Waals surface area contributed by atoms with Crippen molar-refractivity contribution in [1.82, 2.24) is 30.2 Å². The number of ketones is 1. The number of piperidine rings is 1. The number of likely N-dealkylation sites (N-methyl/N-ethyl adjacent to an activating group) is 2. The number of unbranched alkanes of at least 4 members (excludes halogenated alkanes) is 2. The number of rotatable bonds is 29. The van der Waals surface area contributed by atoms with Gasteiger partial charge in [-0.1, -0.05) is 89.9 Å². The summed E-state index contributed by atoms with van der Waals surface area (Å²) in [5.41, 5.74) is 2.29. The summed E-state index contributed by atoms with van der Waals surface area (Å²) in [6.45, 7) is 10.9. The number of nitrogens with zero attached hydrogens (tertiary/aromatic N) is 4. The number of likely N-dealkylation sites (tertiary alicyclic amines) is 2. The molecule has 3 aliphatic heterocycles. The largest absolute Gasteiger partial charge is 0.379 e. The number of benzene rings is 2. The van der Waals surface area contributed by atoms with Gasteiger partial charge in [-0.3, -0.25) is 48.2 Å². The van der Waals surface area contributed by atoms with E-state index in [1.807, 2.05) is 77.2 Å². The van der Waals surface area contributed by atoms with Crippen LogP contribution in [0.4, 0.5) is 5.69 Å². The fourth-order valence-electron chi connectivity index (χ4n) is 12.1. The average molecular weight is 1050 g/mol. The topological polar surface area (TPSA) is 204 Å². The molecule has 2 bridgehead atoms. The van der Waals surface area contributed by atoms with Gasteiger partial charge in [0.1, 0.15) is 11.8 Å². The van der Waals surface area contributed by atoms with Gasteiger partial charge in [0.05, 0.1) is 36.8 Å². The summed E-state index contributed by atoms with van der Waals surface area (Å²) in [7, 11) is 6.88. The number of hydrogen-bond donors (Lipinski definition) is 3. The van der Waals surface area contributed by atoms with Gasteiger partial charge in [-0.2, -0.15) is 0 Å². The first kappa shape index (κ1) is 59.5. The molecule has 6 rings (SSSR count). The Morgan fingerprint density at radius 2 is 1.53 bits per heavy atom. The van der Waals surface area contributed by atoms with Gasteiger partial charge in [0.15, 0.2) is 0 Å². The summed E-state index contributed by atoms with van der Waals surface area (Å²) >= 11 is 0.